The Balaban J connectivity index is 0.000000206. The second-order valence-electron chi connectivity index (χ2n) is 9.09. The first-order valence-electron chi connectivity index (χ1n) is 10.3. The first-order chi connectivity index (χ1) is 13.2. The molecule has 8 heteroatoms. The van der Waals surface area contributed by atoms with Crippen LogP contribution in [0.4, 0.5) is 4.79 Å². The Hall–Kier alpha value is -0.570. The van der Waals surface area contributed by atoms with Crippen molar-refractivity contribution in [3.63, 3.8) is 0 Å². The maximum absolute atomic E-state index is 12.2. The maximum Gasteiger partial charge on any atom is 0.410 e. The van der Waals surface area contributed by atoms with Gasteiger partial charge in [-0.3, -0.25) is 4.90 Å². The third kappa shape index (κ3) is 5.12. The van der Waals surface area contributed by atoms with Crippen LogP contribution in [0.3, 0.4) is 0 Å². The highest BCUT2D eigenvalue weighted by Crippen LogP contribution is 2.40. The van der Waals surface area contributed by atoms with Crippen molar-refractivity contribution in [1.82, 2.24) is 10.2 Å². The number of carbonyl (C=O) groups is 1. The first kappa shape index (κ1) is 22.1. The Morgan fingerprint density at radius 1 is 1.14 bits per heavy atom. The summed E-state index contributed by atoms with van der Waals surface area (Å²) in [7, 11) is 1.81. The molecular formula is C20H34N2O4S2. The number of carbonyl (C=O) groups excluding carboxylic acids is 1. The Labute approximate surface area is 178 Å². The molecule has 4 rings (SSSR count). The van der Waals surface area contributed by atoms with Crippen molar-refractivity contribution in [2.24, 2.45) is 0 Å². The number of hydrogen-bond donors (Lipinski definition) is 1. The number of ether oxygens (including phenoxy) is 3. The van der Waals surface area contributed by atoms with Gasteiger partial charge in [0.2, 0.25) is 4.38 Å². The van der Waals surface area contributed by atoms with Crippen LogP contribution in [0.25, 0.3) is 0 Å². The monoisotopic (exact) mass is 430 g/mol. The van der Waals surface area contributed by atoms with Gasteiger partial charge in [0.05, 0.1) is 12.1 Å². The number of amides is 1. The van der Waals surface area contributed by atoms with Gasteiger partial charge in [0.15, 0.2) is 0 Å². The Morgan fingerprint density at radius 3 is 2.39 bits per heavy atom. The van der Waals surface area contributed by atoms with Crippen LogP contribution < -0.4 is 5.32 Å². The average molecular weight is 431 g/mol. The lowest BCUT2D eigenvalue weighted by Gasteiger charge is -2.28. The lowest BCUT2D eigenvalue weighted by atomic mass is 9.98. The third-order valence-corrected chi connectivity index (χ3v) is 7.07. The van der Waals surface area contributed by atoms with Gasteiger partial charge in [-0.15, -0.1) is 0 Å². The first-order valence-corrected chi connectivity index (χ1v) is 11.9. The fraction of sp³-hybridized carbons (Fsp3) is 0.900. The Bertz CT molecular complexity index is 583. The van der Waals surface area contributed by atoms with Crippen LogP contribution in [0.2, 0.25) is 0 Å². The molecule has 4 aliphatic rings. The zero-order valence-corrected chi connectivity index (χ0v) is 19.2. The maximum atomic E-state index is 12.2. The van der Waals surface area contributed by atoms with E-state index in [1.54, 1.807) is 0 Å². The van der Waals surface area contributed by atoms with E-state index in [9.17, 15) is 4.79 Å². The number of fused-ring (bicyclic) bond motifs is 4. The summed E-state index contributed by atoms with van der Waals surface area (Å²) >= 11 is 6.54. The van der Waals surface area contributed by atoms with Crippen molar-refractivity contribution in [3.8, 4) is 0 Å². The fourth-order valence-corrected chi connectivity index (χ4v) is 5.21. The molecule has 4 fully saturated rings. The van der Waals surface area contributed by atoms with Crippen molar-refractivity contribution >= 4 is 34.5 Å². The molecule has 0 aliphatic carbocycles. The van der Waals surface area contributed by atoms with E-state index in [2.05, 4.69) is 5.32 Å². The molecule has 0 aromatic rings. The van der Waals surface area contributed by atoms with E-state index in [0.29, 0.717) is 16.5 Å². The molecule has 1 amide bonds. The molecule has 28 heavy (non-hydrogen) atoms. The molecule has 2 unspecified atom stereocenters. The zero-order chi connectivity index (χ0) is 20.5. The van der Waals surface area contributed by atoms with Crippen molar-refractivity contribution in [2.45, 2.75) is 101 Å². The Morgan fingerprint density at radius 2 is 1.89 bits per heavy atom. The molecule has 6 atom stereocenters. The van der Waals surface area contributed by atoms with E-state index in [0.717, 1.165) is 25.3 Å². The summed E-state index contributed by atoms with van der Waals surface area (Å²) in [6.07, 6.45) is 9.04. The summed E-state index contributed by atoms with van der Waals surface area (Å²) in [5, 5.41) is 3.50. The minimum absolute atomic E-state index is 0.0335. The minimum Gasteiger partial charge on any atom is -0.473 e. The Kier molecular flexibility index (Phi) is 7.16. The topological polar surface area (TPSA) is 60.0 Å². The number of thiocarbonyl (C=S) groups is 1. The molecule has 1 N–H and O–H groups in total. The smallest absolute Gasteiger partial charge is 0.410 e. The molecular weight excluding hydrogens is 396 g/mol. The predicted octanol–water partition coefficient (Wildman–Crippen LogP) is 3.72. The number of hydrogen-bond acceptors (Lipinski definition) is 7. The van der Waals surface area contributed by atoms with E-state index in [-0.39, 0.29) is 24.3 Å². The molecule has 0 saturated carbocycles. The van der Waals surface area contributed by atoms with Crippen LogP contribution in [0, 0.1) is 0 Å². The number of methoxy groups -OCH3 is 1. The van der Waals surface area contributed by atoms with Crippen LogP contribution in [0.15, 0.2) is 0 Å². The molecule has 4 heterocycles. The van der Waals surface area contributed by atoms with Gasteiger partial charge in [-0.25, -0.2) is 4.79 Å². The van der Waals surface area contributed by atoms with Crippen molar-refractivity contribution < 1.29 is 19.0 Å². The van der Waals surface area contributed by atoms with Gasteiger partial charge in [0, 0.05) is 31.7 Å². The normalized spacial score (nSPS) is 35.5. The summed E-state index contributed by atoms with van der Waals surface area (Å²) in [5.41, 5.74) is -0.454. The summed E-state index contributed by atoms with van der Waals surface area (Å²) in [6, 6.07) is 1.82. The molecule has 4 aliphatic heterocycles. The number of nitrogens with one attached hydrogen (secondary N) is 1. The quantitative estimate of drug-likeness (QED) is 0.670. The van der Waals surface area contributed by atoms with E-state index in [1.807, 2.05) is 39.0 Å². The highest BCUT2D eigenvalue weighted by Gasteiger charge is 2.51. The molecule has 160 valence electrons. The second-order valence-corrected chi connectivity index (χ2v) is 10.5. The number of thioether (sulfide) groups is 1. The van der Waals surface area contributed by atoms with Gasteiger partial charge in [-0.1, -0.05) is 11.8 Å². The van der Waals surface area contributed by atoms with E-state index < -0.39 is 5.60 Å². The van der Waals surface area contributed by atoms with Crippen LogP contribution >= 0.6 is 24.0 Å². The fourth-order valence-electron chi connectivity index (χ4n) is 4.87. The lowest BCUT2D eigenvalue weighted by Crippen LogP contribution is -2.41. The van der Waals surface area contributed by atoms with Crippen LogP contribution in [-0.2, 0) is 14.2 Å². The standard InChI is InChI=1S/C13H21NO3S2.C7H13NO/c1-13(2,3)17-11(15)14-8-5-6-9(14)10(7-8)16-12(18)19-4;1-9-7-4-5-2-3-6(7)8-5/h8-10H,5-7H2,1-4H3;5-8H,2-4H2,1H3/t8-,9+,10?;5-,6+,7?/m11/s1. The summed E-state index contributed by atoms with van der Waals surface area (Å²) in [6.45, 7) is 5.67. The van der Waals surface area contributed by atoms with Crippen molar-refractivity contribution in [2.75, 3.05) is 13.4 Å². The molecule has 0 aromatic carbocycles. The predicted molar refractivity (Wildman–Crippen MR) is 116 cm³/mol. The average Bonchev–Trinajstić information content (AvgIpc) is 3.40. The SMILES string of the molecule is COC1C[C@H]2CC[C@@H]1N2.CSC(=S)OC1C[C@H]2CC[C@@H]1N2C(=O)OC(C)(C)C. The van der Waals surface area contributed by atoms with Crippen molar-refractivity contribution in [1.29, 1.82) is 0 Å². The third-order valence-electron chi connectivity index (χ3n) is 6.04. The van der Waals surface area contributed by atoms with Gasteiger partial charge >= 0.3 is 6.09 Å². The van der Waals surface area contributed by atoms with Crippen LogP contribution in [0.5, 0.6) is 0 Å². The summed E-state index contributed by atoms with van der Waals surface area (Å²) in [5.74, 6) is 0. The highest BCUT2D eigenvalue weighted by molar-refractivity contribution is 8.22. The van der Waals surface area contributed by atoms with Gasteiger partial charge in [0.1, 0.15) is 11.7 Å². The van der Waals surface area contributed by atoms with Crippen LogP contribution in [-0.4, -0.2) is 70.7 Å². The lowest BCUT2D eigenvalue weighted by molar-refractivity contribution is 0.0180. The molecule has 4 saturated heterocycles. The zero-order valence-electron chi connectivity index (χ0n) is 17.6. The van der Waals surface area contributed by atoms with E-state index in [4.69, 9.17) is 26.4 Å². The molecule has 0 spiro atoms. The molecule has 0 radical (unpaired) electrons. The number of rotatable bonds is 2. The van der Waals surface area contributed by atoms with Crippen molar-refractivity contribution in [3.05, 3.63) is 0 Å². The molecule has 4 bridgehead atoms. The van der Waals surface area contributed by atoms with Crippen LogP contribution in [0.1, 0.15) is 59.3 Å². The van der Waals surface area contributed by atoms with E-state index in [1.165, 1.54) is 31.0 Å². The highest BCUT2D eigenvalue weighted by atomic mass is 32.2. The van der Waals surface area contributed by atoms with Gasteiger partial charge in [-0.2, -0.15) is 0 Å². The summed E-state index contributed by atoms with van der Waals surface area (Å²) in [4.78, 5) is 14.1. The van der Waals surface area contributed by atoms with Gasteiger partial charge in [0.25, 0.3) is 0 Å². The van der Waals surface area contributed by atoms with Gasteiger partial charge < -0.3 is 19.5 Å². The summed E-state index contributed by atoms with van der Waals surface area (Å²) < 4.78 is 17.1. The second kappa shape index (κ2) is 9.06. The minimum atomic E-state index is -0.454. The molecule has 0 aromatic heterocycles. The van der Waals surface area contributed by atoms with Gasteiger partial charge in [-0.05, 0) is 71.3 Å². The number of nitrogens with zero attached hydrogens (tertiary/aromatic N) is 1. The van der Waals surface area contributed by atoms with E-state index >= 15 is 0 Å². The largest absolute Gasteiger partial charge is 0.473 e. The molecule has 6 nitrogen and oxygen atoms in total.